The number of ether oxygens (including phenoxy) is 1. The summed E-state index contributed by atoms with van der Waals surface area (Å²) in [6.45, 7) is 3.54. The van der Waals surface area contributed by atoms with E-state index in [0.717, 1.165) is 23.3 Å². The molecule has 10 heteroatoms. The number of hydrogen-bond donors (Lipinski definition) is 1. The van der Waals surface area contributed by atoms with Crippen LogP contribution in [0, 0.1) is 24.0 Å². The molecule has 1 N–H and O–H groups in total. The lowest BCUT2D eigenvalue weighted by Crippen LogP contribution is -2.16. The van der Waals surface area contributed by atoms with Crippen molar-refractivity contribution in [1.29, 1.82) is 0 Å². The average molecular weight is 507 g/mol. The molecule has 1 heterocycles. The van der Waals surface area contributed by atoms with Crippen LogP contribution in [0.25, 0.3) is 11.0 Å². The van der Waals surface area contributed by atoms with Gasteiger partial charge in [0.25, 0.3) is 11.6 Å². The Labute approximate surface area is 209 Å². The van der Waals surface area contributed by atoms with Gasteiger partial charge in [0.2, 0.25) is 0 Å². The van der Waals surface area contributed by atoms with Crippen molar-refractivity contribution in [2.75, 3.05) is 5.32 Å². The predicted octanol–water partition coefficient (Wildman–Crippen LogP) is 5.58. The second kappa shape index (κ2) is 10.0. The lowest BCUT2D eigenvalue weighted by atomic mass is 10.0. The Bertz CT molecular complexity index is 1590. The normalized spacial score (nSPS) is 10.8. The maximum absolute atomic E-state index is 12.9. The van der Waals surface area contributed by atoms with Crippen LogP contribution < -0.4 is 10.9 Å². The molecule has 0 aliphatic carbocycles. The summed E-state index contributed by atoms with van der Waals surface area (Å²) in [5, 5.41) is 14.0. The third kappa shape index (κ3) is 4.96. The summed E-state index contributed by atoms with van der Waals surface area (Å²) in [7, 11) is 0. The van der Waals surface area contributed by atoms with Gasteiger partial charge in [0, 0.05) is 29.1 Å². The van der Waals surface area contributed by atoms with Crippen molar-refractivity contribution in [2.24, 2.45) is 0 Å². The van der Waals surface area contributed by atoms with Crippen molar-refractivity contribution >= 4 is 45.8 Å². The van der Waals surface area contributed by atoms with E-state index in [1.165, 1.54) is 24.3 Å². The van der Waals surface area contributed by atoms with Crippen LogP contribution in [-0.4, -0.2) is 16.8 Å². The molecule has 36 heavy (non-hydrogen) atoms. The Morgan fingerprint density at radius 3 is 2.53 bits per heavy atom. The maximum atomic E-state index is 12.9. The number of fused-ring (bicyclic) bond motifs is 1. The summed E-state index contributed by atoms with van der Waals surface area (Å²) in [5.74, 6) is -1.39. The highest BCUT2D eigenvalue weighted by atomic mass is 35.5. The zero-order chi connectivity index (χ0) is 26.0. The molecular weight excluding hydrogens is 488 g/mol. The first kappa shape index (κ1) is 24.6. The first-order valence-corrected chi connectivity index (χ1v) is 11.1. The largest absolute Gasteiger partial charge is 0.457 e. The van der Waals surface area contributed by atoms with Crippen molar-refractivity contribution in [3.05, 3.63) is 114 Å². The van der Waals surface area contributed by atoms with Crippen molar-refractivity contribution in [3.63, 3.8) is 0 Å². The SMILES string of the molecule is Cc1ccc2c(COC(=O)c3ccccc3NC(=O)c3ccc([N+](=O)[O-])cc3Cl)cc(=O)oc2c1C. The van der Waals surface area contributed by atoms with Crippen LogP contribution in [0.3, 0.4) is 0 Å². The lowest BCUT2D eigenvalue weighted by molar-refractivity contribution is -0.384. The summed E-state index contributed by atoms with van der Waals surface area (Å²) in [5.41, 5.74) is 2.10. The van der Waals surface area contributed by atoms with Gasteiger partial charge in [-0.05, 0) is 43.2 Å². The van der Waals surface area contributed by atoms with Gasteiger partial charge in [-0.1, -0.05) is 35.9 Å². The number of nitro groups is 1. The number of rotatable bonds is 6. The summed E-state index contributed by atoms with van der Waals surface area (Å²) >= 11 is 6.05. The van der Waals surface area contributed by atoms with E-state index in [9.17, 15) is 24.5 Å². The molecular formula is C26H19ClN2O7. The zero-order valence-corrected chi connectivity index (χ0v) is 19.9. The Balaban J connectivity index is 1.56. The van der Waals surface area contributed by atoms with Gasteiger partial charge >= 0.3 is 11.6 Å². The molecule has 3 aromatic carbocycles. The number of hydrogen-bond acceptors (Lipinski definition) is 7. The molecule has 1 aromatic heterocycles. The van der Waals surface area contributed by atoms with Crippen molar-refractivity contribution in [2.45, 2.75) is 20.5 Å². The molecule has 0 bridgehead atoms. The van der Waals surface area contributed by atoms with E-state index in [4.69, 9.17) is 20.8 Å². The van der Waals surface area contributed by atoms with Crippen molar-refractivity contribution < 1.29 is 23.7 Å². The molecule has 0 unspecified atom stereocenters. The average Bonchev–Trinajstić information content (AvgIpc) is 2.85. The minimum atomic E-state index is -0.731. The van der Waals surface area contributed by atoms with Crippen LogP contribution in [-0.2, 0) is 11.3 Å². The zero-order valence-electron chi connectivity index (χ0n) is 19.2. The van der Waals surface area contributed by atoms with Crippen molar-refractivity contribution in [1.82, 2.24) is 0 Å². The number of anilines is 1. The van der Waals surface area contributed by atoms with Crippen LogP contribution in [0.2, 0.25) is 5.02 Å². The van der Waals surface area contributed by atoms with Gasteiger partial charge in [-0.3, -0.25) is 14.9 Å². The van der Waals surface area contributed by atoms with Crippen LogP contribution in [0.4, 0.5) is 11.4 Å². The number of esters is 1. The predicted molar refractivity (Wildman–Crippen MR) is 134 cm³/mol. The second-order valence-corrected chi connectivity index (χ2v) is 8.38. The van der Waals surface area contributed by atoms with E-state index in [0.29, 0.717) is 16.5 Å². The molecule has 0 saturated carbocycles. The number of nitrogens with zero attached hydrogens (tertiary/aromatic N) is 1. The van der Waals surface area contributed by atoms with E-state index >= 15 is 0 Å². The van der Waals surface area contributed by atoms with Gasteiger partial charge in [-0.15, -0.1) is 0 Å². The smallest absolute Gasteiger partial charge is 0.340 e. The number of benzene rings is 3. The molecule has 182 valence electrons. The molecule has 0 radical (unpaired) electrons. The fraction of sp³-hybridized carbons (Fsp3) is 0.115. The minimum Gasteiger partial charge on any atom is -0.457 e. The lowest BCUT2D eigenvalue weighted by Gasteiger charge is -2.13. The highest BCUT2D eigenvalue weighted by molar-refractivity contribution is 6.34. The number of nitrogens with one attached hydrogen (secondary N) is 1. The van der Waals surface area contributed by atoms with Crippen LogP contribution in [0.1, 0.15) is 37.4 Å². The maximum Gasteiger partial charge on any atom is 0.340 e. The summed E-state index contributed by atoms with van der Waals surface area (Å²) in [6.07, 6.45) is 0. The third-order valence-electron chi connectivity index (χ3n) is 5.68. The summed E-state index contributed by atoms with van der Waals surface area (Å²) in [6, 6.07) is 14.6. The highest BCUT2D eigenvalue weighted by Gasteiger charge is 2.19. The number of carbonyl (C=O) groups excluding carboxylic acids is 2. The molecule has 0 aliphatic heterocycles. The van der Waals surface area contributed by atoms with Gasteiger partial charge in [-0.2, -0.15) is 0 Å². The van der Waals surface area contributed by atoms with E-state index < -0.39 is 22.4 Å². The molecule has 0 atom stereocenters. The summed E-state index contributed by atoms with van der Waals surface area (Å²) in [4.78, 5) is 48.0. The Kier molecular flexibility index (Phi) is 6.84. The number of para-hydroxylation sites is 1. The fourth-order valence-electron chi connectivity index (χ4n) is 3.63. The number of aryl methyl sites for hydroxylation is 2. The molecule has 0 saturated heterocycles. The van der Waals surface area contributed by atoms with Crippen LogP contribution >= 0.6 is 11.6 Å². The molecule has 4 rings (SSSR count). The van der Waals surface area contributed by atoms with Crippen LogP contribution in [0.15, 0.2) is 69.9 Å². The topological polar surface area (TPSA) is 129 Å². The second-order valence-electron chi connectivity index (χ2n) is 7.97. The van der Waals surface area contributed by atoms with Gasteiger partial charge in [0.05, 0.1) is 26.8 Å². The standard InChI is InChI=1S/C26H19ClN2O7/c1-14-7-9-18-16(11-23(30)36-24(18)15(14)2)13-35-26(32)20-5-3-4-6-22(20)28-25(31)19-10-8-17(29(33)34)12-21(19)27/h3-12H,13H2,1-2H3,(H,28,31). The molecule has 0 aliphatic rings. The number of nitro benzene ring substituents is 1. The fourth-order valence-corrected chi connectivity index (χ4v) is 3.89. The van der Waals surface area contributed by atoms with Gasteiger partial charge in [0.15, 0.2) is 0 Å². The van der Waals surface area contributed by atoms with E-state index in [1.807, 2.05) is 19.9 Å². The first-order valence-electron chi connectivity index (χ1n) is 10.7. The molecule has 9 nitrogen and oxygen atoms in total. The van der Waals surface area contributed by atoms with Crippen LogP contribution in [0.5, 0.6) is 0 Å². The monoisotopic (exact) mass is 506 g/mol. The molecule has 0 spiro atoms. The number of halogens is 1. The summed E-state index contributed by atoms with van der Waals surface area (Å²) < 4.78 is 10.8. The molecule has 4 aromatic rings. The van der Waals surface area contributed by atoms with Gasteiger partial charge < -0.3 is 14.5 Å². The highest BCUT2D eigenvalue weighted by Crippen LogP contribution is 2.26. The third-order valence-corrected chi connectivity index (χ3v) is 5.99. The number of carbonyl (C=O) groups is 2. The molecule has 1 amide bonds. The van der Waals surface area contributed by atoms with E-state index in [1.54, 1.807) is 18.2 Å². The number of non-ortho nitro benzene ring substituents is 1. The van der Waals surface area contributed by atoms with Gasteiger partial charge in [0.1, 0.15) is 12.2 Å². The quantitative estimate of drug-likeness (QED) is 0.156. The van der Waals surface area contributed by atoms with E-state index in [-0.39, 0.29) is 34.1 Å². The Morgan fingerprint density at radius 2 is 1.81 bits per heavy atom. The Hall–Kier alpha value is -4.50. The van der Waals surface area contributed by atoms with Gasteiger partial charge in [-0.25, -0.2) is 9.59 Å². The minimum absolute atomic E-state index is 0.00131. The number of amides is 1. The molecule has 0 fully saturated rings. The van der Waals surface area contributed by atoms with Crippen molar-refractivity contribution in [3.8, 4) is 0 Å². The van der Waals surface area contributed by atoms with E-state index in [2.05, 4.69) is 5.32 Å². The first-order chi connectivity index (χ1) is 17.2. The Morgan fingerprint density at radius 1 is 1.06 bits per heavy atom.